The summed E-state index contributed by atoms with van der Waals surface area (Å²) in [5.41, 5.74) is 0. The van der Waals surface area contributed by atoms with Crippen LogP contribution in [-0.2, 0) is 0 Å². The van der Waals surface area contributed by atoms with Gasteiger partial charge in [-0.2, -0.15) is 0 Å². The summed E-state index contributed by atoms with van der Waals surface area (Å²) in [5.74, 6) is -0.933. The van der Waals surface area contributed by atoms with Gasteiger partial charge in [-0.1, -0.05) is 146 Å². The molecular weight excluding hydrogens is 517 g/mol. The van der Waals surface area contributed by atoms with E-state index < -0.39 is 8.07 Å². The molecule has 0 unspecified atom stereocenters. The minimum absolute atomic E-state index is 0.311. The highest BCUT2D eigenvalue weighted by atomic mass is 28.3. The lowest BCUT2D eigenvalue weighted by Crippen LogP contribution is -2.67. The van der Waals surface area contributed by atoms with Gasteiger partial charge in [0.1, 0.15) is 25.5 Å². The number of rotatable bonds is 20. The predicted molar refractivity (Wildman–Crippen MR) is 168 cm³/mol. The van der Waals surface area contributed by atoms with Crippen molar-refractivity contribution < 1.29 is 13.2 Å². The summed E-state index contributed by atoms with van der Waals surface area (Å²) < 4.78 is 43.5. The molecule has 0 heterocycles. The maximum atomic E-state index is 14.5. The van der Waals surface area contributed by atoms with Crippen LogP contribution in [0.2, 0.25) is 6.04 Å². The minimum Gasteiger partial charge on any atom is -0.207 e. The first-order valence-electron chi connectivity index (χ1n) is 15.8. The summed E-state index contributed by atoms with van der Waals surface area (Å²) in [5, 5.41) is 2.60. The quantitative estimate of drug-likeness (QED) is 0.0725. The zero-order valence-electron chi connectivity index (χ0n) is 24.6. The zero-order chi connectivity index (χ0) is 28.5. The highest BCUT2D eigenvalue weighted by molar-refractivity contribution is 7.11. The van der Waals surface area contributed by atoms with E-state index >= 15 is 0 Å². The van der Waals surface area contributed by atoms with E-state index in [2.05, 4.69) is 6.92 Å². The van der Waals surface area contributed by atoms with Crippen LogP contribution in [0, 0.1) is 17.5 Å². The van der Waals surface area contributed by atoms with Crippen molar-refractivity contribution in [3.8, 4) is 0 Å². The van der Waals surface area contributed by atoms with Gasteiger partial charge in [0.25, 0.3) is 0 Å². The molecule has 0 saturated heterocycles. The van der Waals surface area contributed by atoms with Crippen LogP contribution < -0.4 is 15.6 Å². The van der Waals surface area contributed by atoms with Crippen molar-refractivity contribution in [2.45, 2.75) is 116 Å². The van der Waals surface area contributed by atoms with E-state index in [0.29, 0.717) is 0 Å². The van der Waals surface area contributed by atoms with Crippen LogP contribution in [0.4, 0.5) is 13.2 Å². The lowest BCUT2D eigenvalue weighted by Gasteiger charge is -2.34. The zero-order valence-corrected chi connectivity index (χ0v) is 25.6. The number of benzene rings is 3. The fourth-order valence-corrected chi connectivity index (χ4v) is 11.1. The van der Waals surface area contributed by atoms with Crippen molar-refractivity contribution in [1.82, 2.24) is 0 Å². The molecule has 0 aromatic heterocycles. The first-order chi connectivity index (χ1) is 19.6. The van der Waals surface area contributed by atoms with Crippen molar-refractivity contribution in [2.75, 3.05) is 0 Å². The van der Waals surface area contributed by atoms with Gasteiger partial charge >= 0.3 is 0 Å². The SMILES string of the molecule is CCCCCCCCCCCCCCCCCC[Si](c1cccc(F)c1)(c1cccc(F)c1)c1cccc(F)c1. The molecule has 3 aromatic carbocycles. The van der Waals surface area contributed by atoms with Gasteiger partial charge in [0.15, 0.2) is 0 Å². The lowest BCUT2D eigenvalue weighted by atomic mass is 10.0. The van der Waals surface area contributed by atoms with Crippen LogP contribution >= 0.6 is 0 Å². The summed E-state index contributed by atoms with van der Waals surface area (Å²) in [4.78, 5) is 0. The van der Waals surface area contributed by atoms with Gasteiger partial charge in [-0.3, -0.25) is 0 Å². The van der Waals surface area contributed by atoms with E-state index in [1.54, 1.807) is 36.4 Å². The molecular formula is C36H49F3Si. The second-order valence-corrected chi connectivity index (χ2v) is 15.5. The molecule has 0 fully saturated rings. The monoisotopic (exact) mass is 566 g/mol. The standard InChI is InChI=1S/C36H49F3Si/c1-2-3-4-5-6-7-8-9-10-11-12-13-14-15-16-17-27-40(34-24-18-21-31(37)28-34,35-25-19-22-32(38)29-35)36-26-20-23-33(39)30-36/h18-26,28-30H,2-17,27H2,1H3. The molecule has 0 aliphatic heterocycles. The molecule has 0 saturated carbocycles. The van der Waals surface area contributed by atoms with E-state index in [0.717, 1.165) is 40.9 Å². The molecule has 0 spiro atoms. The van der Waals surface area contributed by atoms with Crippen LogP contribution in [0.15, 0.2) is 72.8 Å². The van der Waals surface area contributed by atoms with Crippen LogP contribution in [0.5, 0.6) is 0 Å². The highest BCUT2D eigenvalue weighted by Gasteiger charge is 2.39. The van der Waals surface area contributed by atoms with Crippen LogP contribution in [0.1, 0.15) is 110 Å². The summed E-state index contributed by atoms with van der Waals surface area (Å²) in [6, 6.07) is 20.8. The molecule has 0 radical (unpaired) electrons. The average molecular weight is 567 g/mol. The Bertz CT molecular complexity index is 1000. The maximum absolute atomic E-state index is 14.5. The fourth-order valence-electron chi connectivity index (χ4n) is 6.13. The number of hydrogen-bond acceptors (Lipinski definition) is 0. The summed E-state index contributed by atoms with van der Waals surface area (Å²) in [6.45, 7) is 2.27. The Labute approximate surface area is 242 Å². The van der Waals surface area contributed by atoms with Crippen molar-refractivity contribution >= 4 is 23.6 Å². The highest BCUT2D eigenvalue weighted by Crippen LogP contribution is 2.20. The minimum atomic E-state index is -2.85. The van der Waals surface area contributed by atoms with E-state index in [9.17, 15) is 13.2 Å². The third kappa shape index (κ3) is 10.3. The Morgan fingerprint density at radius 2 is 0.725 bits per heavy atom. The van der Waals surface area contributed by atoms with Crippen molar-refractivity contribution in [1.29, 1.82) is 0 Å². The van der Waals surface area contributed by atoms with Crippen molar-refractivity contribution in [3.05, 3.63) is 90.2 Å². The predicted octanol–water partition coefficient (Wildman–Crippen LogP) is 9.84. The van der Waals surface area contributed by atoms with E-state index in [1.165, 1.54) is 102 Å². The maximum Gasteiger partial charge on any atom is 0.148 e. The van der Waals surface area contributed by atoms with Gasteiger partial charge in [-0.05, 0) is 58.0 Å². The fraction of sp³-hybridized carbons (Fsp3) is 0.500. The Morgan fingerprint density at radius 1 is 0.425 bits per heavy atom. The smallest absolute Gasteiger partial charge is 0.148 e. The van der Waals surface area contributed by atoms with E-state index in [1.807, 2.05) is 18.2 Å². The Morgan fingerprint density at radius 3 is 1.02 bits per heavy atom. The molecule has 0 aliphatic carbocycles. The Balaban J connectivity index is 1.52. The molecule has 0 aliphatic rings. The Kier molecular flexibility index (Phi) is 14.6. The number of halogens is 3. The normalized spacial score (nSPS) is 11.7. The first-order valence-corrected chi connectivity index (χ1v) is 18.0. The van der Waals surface area contributed by atoms with Gasteiger partial charge < -0.3 is 0 Å². The molecule has 3 aromatic rings. The second-order valence-electron chi connectivity index (χ2n) is 11.5. The number of hydrogen-bond donors (Lipinski definition) is 0. The molecule has 0 amide bonds. The molecule has 4 heteroatoms. The van der Waals surface area contributed by atoms with E-state index in [-0.39, 0.29) is 17.5 Å². The topological polar surface area (TPSA) is 0 Å². The molecule has 0 nitrogen and oxygen atoms in total. The lowest BCUT2D eigenvalue weighted by molar-refractivity contribution is 0.531. The van der Waals surface area contributed by atoms with Gasteiger partial charge in [-0.25, -0.2) is 13.2 Å². The van der Waals surface area contributed by atoms with Crippen LogP contribution in [0.25, 0.3) is 0 Å². The van der Waals surface area contributed by atoms with E-state index in [4.69, 9.17) is 0 Å². The third-order valence-corrected chi connectivity index (χ3v) is 13.4. The molecule has 0 atom stereocenters. The second kappa shape index (κ2) is 18.2. The van der Waals surface area contributed by atoms with Gasteiger partial charge in [0, 0.05) is 0 Å². The first kappa shape index (κ1) is 32.2. The summed E-state index contributed by atoms with van der Waals surface area (Å²) >= 11 is 0. The summed E-state index contributed by atoms with van der Waals surface area (Å²) in [6.07, 6.45) is 20.8. The van der Waals surface area contributed by atoms with Crippen molar-refractivity contribution in [3.63, 3.8) is 0 Å². The molecule has 0 N–H and O–H groups in total. The van der Waals surface area contributed by atoms with Crippen molar-refractivity contribution in [2.24, 2.45) is 0 Å². The third-order valence-electron chi connectivity index (χ3n) is 8.36. The van der Waals surface area contributed by atoms with Crippen LogP contribution in [-0.4, -0.2) is 8.07 Å². The molecule has 40 heavy (non-hydrogen) atoms. The molecule has 3 rings (SSSR count). The summed E-state index contributed by atoms with van der Waals surface area (Å²) in [7, 11) is -2.85. The Hall–Kier alpha value is -2.33. The largest absolute Gasteiger partial charge is 0.207 e. The van der Waals surface area contributed by atoms with Gasteiger partial charge in [0.2, 0.25) is 0 Å². The molecule has 0 bridgehead atoms. The number of unbranched alkanes of at least 4 members (excludes halogenated alkanes) is 15. The van der Waals surface area contributed by atoms with Gasteiger partial charge in [-0.15, -0.1) is 0 Å². The van der Waals surface area contributed by atoms with Gasteiger partial charge in [0.05, 0.1) is 0 Å². The van der Waals surface area contributed by atoms with Crippen LogP contribution in [0.3, 0.4) is 0 Å². The molecule has 218 valence electrons. The average Bonchev–Trinajstić information content (AvgIpc) is 2.95.